The molecule has 0 spiro atoms. The minimum atomic E-state index is -0.380. The van der Waals surface area contributed by atoms with Gasteiger partial charge in [0.1, 0.15) is 23.1 Å². The van der Waals surface area contributed by atoms with Gasteiger partial charge in [0.05, 0.1) is 23.2 Å². The minimum Gasteiger partial charge on any atom is -0.495 e. The SMILES string of the molecule is COc1c(Br)cc2c(-c3ccccc3F)c(OC)c(Br)cc2c1-c1ccccc1F. The third kappa shape index (κ3) is 3.38. The number of methoxy groups -OCH3 is 2. The summed E-state index contributed by atoms with van der Waals surface area (Å²) in [7, 11) is 3.07. The summed E-state index contributed by atoms with van der Waals surface area (Å²) in [5.74, 6) is 0.220. The Morgan fingerprint density at radius 1 is 0.633 bits per heavy atom. The van der Waals surface area contributed by atoms with Crippen LogP contribution in [-0.4, -0.2) is 14.2 Å². The zero-order valence-corrected chi connectivity index (χ0v) is 19.3. The highest BCUT2D eigenvalue weighted by Gasteiger charge is 2.24. The second-order valence-corrected chi connectivity index (χ2v) is 8.30. The third-order valence-electron chi connectivity index (χ3n) is 4.95. The van der Waals surface area contributed by atoms with Crippen LogP contribution < -0.4 is 9.47 Å². The molecule has 6 heteroatoms. The van der Waals surface area contributed by atoms with Crippen molar-refractivity contribution in [2.24, 2.45) is 0 Å². The molecule has 152 valence electrons. The predicted octanol–water partition coefficient (Wildman–Crippen LogP) is 7.99. The van der Waals surface area contributed by atoms with Crippen LogP contribution in [0.4, 0.5) is 8.78 Å². The first-order valence-corrected chi connectivity index (χ1v) is 10.6. The van der Waals surface area contributed by atoms with Crippen molar-refractivity contribution >= 4 is 42.6 Å². The second kappa shape index (κ2) is 8.36. The van der Waals surface area contributed by atoms with Crippen LogP contribution in [0, 0.1) is 11.6 Å². The maximum Gasteiger partial charge on any atom is 0.141 e. The lowest BCUT2D eigenvalue weighted by atomic mass is 9.91. The average molecular weight is 534 g/mol. The van der Waals surface area contributed by atoms with Crippen molar-refractivity contribution in [3.8, 4) is 33.8 Å². The summed E-state index contributed by atoms with van der Waals surface area (Å²) in [4.78, 5) is 0. The van der Waals surface area contributed by atoms with E-state index in [1.807, 2.05) is 12.1 Å². The van der Waals surface area contributed by atoms with E-state index in [9.17, 15) is 8.78 Å². The van der Waals surface area contributed by atoms with E-state index in [0.29, 0.717) is 53.5 Å². The smallest absolute Gasteiger partial charge is 0.141 e. The number of ether oxygens (including phenoxy) is 2. The van der Waals surface area contributed by atoms with Gasteiger partial charge in [-0.05, 0) is 66.9 Å². The molecule has 4 rings (SSSR count). The van der Waals surface area contributed by atoms with Gasteiger partial charge in [0.15, 0.2) is 0 Å². The normalized spacial score (nSPS) is 11.0. The number of hydrogen-bond acceptors (Lipinski definition) is 2. The molecular formula is C24H16Br2F2O2. The molecule has 0 amide bonds. The molecule has 0 aliphatic heterocycles. The van der Waals surface area contributed by atoms with Crippen LogP contribution in [0.25, 0.3) is 33.0 Å². The summed E-state index contributed by atoms with van der Waals surface area (Å²) >= 11 is 7.09. The zero-order valence-electron chi connectivity index (χ0n) is 16.1. The van der Waals surface area contributed by atoms with Crippen LogP contribution in [0.3, 0.4) is 0 Å². The Morgan fingerprint density at radius 3 is 1.33 bits per heavy atom. The van der Waals surface area contributed by atoms with Crippen molar-refractivity contribution in [1.82, 2.24) is 0 Å². The average Bonchev–Trinajstić information content (AvgIpc) is 2.73. The van der Waals surface area contributed by atoms with Crippen LogP contribution in [0.15, 0.2) is 69.6 Å². The maximum atomic E-state index is 14.8. The fraction of sp³-hybridized carbons (Fsp3) is 0.0833. The first kappa shape index (κ1) is 20.8. The van der Waals surface area contributed by atoms with E-state index in [-0.39, 0.29) is 11.6 Å². The number of fused-ring (bicyclic) bond motifs is 1. The Balaban J connectivity index is 2.24. The molecule has 0 aromatic heterocycles. The Hall–Kier alpha value is -2.44. The van der Waals surface area contributed by atoms with Gasteiger partial charge in [-0.1, -0.05) is 36.4 Å². The van der Waals surface area contributed by atoms with Crippen molar-refractivity contribution in [2.45, 2.75) is 0 Å². The number of halogens is 4. The summed E-state index contributed by atoms with van der Waals surface area (Å²) in [6, 6.07) is 16.7. The summed E-state index contributed by atoms with van der Waals surface area (Å²) in [6.07, 6.45) is 0. The largest absolute Gasteiger partial charge is 0.495 e. The minimum absolute atomic E-state index is 0.380. The molecule has 0 unspecified atom stereocenters. The van der Waals surface area contributed by atoms with E-state index in [2.05, 4.69) is 31.9 Å². The van der Waals surface area contributed by atoms with E-state index >= 15 is 0 Å². The van der Waals surface area contributed by atoms with Gasteiger partial charge in [-0.3, -0.25) is 0 Å². The molecule has 30 heavy (non-hydrogen) atoms. The van der Waals surface area contributed by atoms with E-state index in [0.717, 1.165) is 0 Å². The molecule has 0 N–H and O–H groups in total. The second-order valence-electron chi connectivity index (χ2n) is 6.59. The maximum absolute atomic E-state index is 14.8. The third-order valence-corrected chi connectivity index (χ3v) is 6.13. The van der Waals surface area contributed by atoms with Crippen molar-refractivity contribution in [3.63, 3.8) is 0 Å². The molecule has 2 nitrogen and oxygen atoms in total. The summed E-state index contributed by atoms with van der Waals surface area (Å²) in [5, 5.41) is 1.40. The monoisotopic (exact) mass is 532 g/mol. The Bertz CT molecular complexity index is 1170. The first-order chi connectivity index (χ1) is 14.5. The molecule has 4 aromatic rings. The topological polar surface area (TPSA) is 18.5 Å². The molecule has 0 atom stereocenters. The van der Waals surface area contributed by atoms with Gasteiger partial charge in [0.25, 0.3) is 0 Å². The summed E-state index contributed by atoms with van der Waals surface area (Å²) in [5.41, 5.74) is 1.91. The lowest BCUT2D eigenvalue weighted by Gasteiger charge is -2.20. The fourth-order valence-electron chi connectivity index (χ4n) is 3.70. The lowest BCUT2D eigenvalue weighted by molar-refractivity contribution is 0.413. The van der Waals surface area contributed by atoms with Crippen molar-refractivity contribution in [3.05, 3.63) is 81.2 Å². The van der Waals surface area contributed by atoms with Crippen LogP contribution >= 0.6 is 31.9 Å². The van der Waals surface area contributed by atoms with E-state index < -0.39 is 0 Å². The van der Waals surface area contributed by atoms with Gasteiger partial charge in [0, 0.05) is 22.3 Å². The molecule has 0 heterocycles. The van der Waals surface area contributed by atoms with Gasteiger partial charge in [-0.2, -0.15) is 0 Å². The molecule has 0 aliphatic rings. The molecule has 0 saturated heterocycles. The number of rotatable bonds is 4. The highest BCUT2D eigenvalue weighted by molar-refractivity contribution is 9.11. The highest BCUT2D eigenvalue weighted by atomic mass is 79.9. The molecule has 0 saturated carbocycles. The number of benzene rings is 4. The summed E-state index contributed by atoms with van der Waals surface area (Å²) in [6.45, 7) is 0. The molecule has 0 fully saturated rings. The Kier molecular flexibility index (Phi) is 5.80. The standard InChI is InChI=1S/C24H16Br2F2O2/c1-29-23-17(25)11-16-15(21(23)13-7-3-5-9-19(13)27)12-18(26)24(30-2)22(16)14-8-4-6-10-20(14)28/h3-12H,1-2H3. The van der Waals surface area contributed by atoms with Crippen molar-refractivity contribution < 1.29 is 18.3 Å². The van der Waals surface area contributed by atoms with Crippen LogP contribution in [-0.2, 0) is 0 Å². The molecule has 0 radical (unpaired) electrons. The van der Waals surface area contributed by atoms with Gasteiger partial charge in [0.2, 0.25) is 0 Å². The van der Waals surface area contributed by atoms with E-state index in [1.165, 1.54) is 26.4 Å². The Labute approximate surface area is 189 Å². The summed E-state index contributed by atoms with van der Waals surface area (Å²) < 4.78 is 42.1. The van der Waals surface area contributed by atoms with Gasteiger partial charge in [-0.25, -0.2) is 8.78 Å². The number of hydrogen-bond donors (Lipinski definition) is 0. The molecule has 4 aromatic carbocycles. The highest BCUT2D eigenvalue weighted by Crippen LogP contribution is 2.50. The van der Waals surface area contributed by atoms with E-state index in [1.54, 1.807) is 36.4 Å². The zero-order chi connectivity index (χ0) is 21.4. The van der Waals surface area contributed by atoms with Gasteiger partial charge >= 0.3 is 0 Å². The van der Waals surface area contributed by atoms with E-state index in [4.69, 9.17) is 9.47 Å². The molecule has 0 bridgehead atoms. The first-order valence-electron chi connectivity index (χ1n) is 9.04. The molecule has 0 aliphatic carbocycles. The predicted molar refractivity (Wildman–Crippen MR) is 123 cm³/mol. The van der Waals surface area contributed by atoms with Crippen LogP contribution in [0.2, 0.25) is 0 Å². The van der Waals surface area contributed by atoms with Crippen molar-refractivity contribution in [2.75, 3.05) is 14.2 Å². The quantitative estimate of drug-likeness (QED) is 0.264. The van der Waals surface area contributed by atoms with Crippen molar-refractivity contribution in [1.29, 1.82) is 0 Å². The van der Waals surface area contributed by atoms with Crippen LogP contribution in [0.5, 0.6) is 11.5 Å². The van der Waals surface area contributed by atoms with Gasteiger partial charge in [-0.15, -0.1) is 0 Å². The van der Waals surface area contributed by atoms with Crippen LogP contribution in [0.1, 0.15) is 0 Å². The lowest BCUT2D eigenvalue weighted by Crippen LogP contribution is -1.98. The fourth-order valence-corrected chi connectivity index (χ4v) is 4.88. The molecular weight excluding hydrogens is 518 g/mol. The van der Waals surface area contributed by atoms with Gasteiger partial charge < -0.3 is 9.47 Å². The Morgan fingerprint density at radius 2 is 1.00 bits per heavy atom.